The van der Waals surface area contributed by atoms with Crippen LogP contribution in [0.15, 0.2) is 42.7 Å². The maximum absolute atomic E-state index is 12.6. The number of nitrogens with zero attached hydrogens (tertiary/aromatic N) is 2. The summed E-state index contributed by atoms with van der Waals surface area (Å²) in [5.41, 5.74) is 2.09. The Morgan fingerprint density at radius 1 is 1.13 bits per heavy atom. The molecule has 2 heterocycles. The van der Waals surface area contributed by atoms with E-state index in [-0.39, 0.29) is 18.6 Å². The predicted molar refractivity (Wildman–Crippen MR) is 83.8 cm³/mol. The van der Waals surface area contributed by atoms with E-state index in [1.54, 1.807) is 6.20 Å². The van der Waals surface area contributed by atoms with Gasteiger partial charge in [0.05, 0.1) is 0 Å². The van der Waals surface area contributed by atoms with Gasteiger partial charge >= 0.3 is 0 Å². The fraction of sp³-hybridized carbons (Fsp3) is 0.333. The first kappa shape index (κ1) is 14.1. The minimum absolute atomic E-state index is 0.195. The fourth-order valence-electron chi connectivity index (χ4n) is 2.77. The highest BCUT2D eigenvalue weighted by molar-refractivity contribution is 5.81. The maximum Gasteiger partial charge on any atom is 0.231 e. The molecule has 1 aliphatic carbocycles. The second-order valence-corrected chi connectivity index (χ2v) is 6.02. The lowest BCUT2D eigenvalue weighted by molar-refractivity contribution is -0.133. The van der Waals surface area contributed by atoms with Gasteiger partial charge in [0.15, 0.2) is 11.5 Å². The zero-order chi connectivity index (χ0) is 15.6. The third-order valence-corrected chi connectivity index (χ3v) is 4.14. The largest absolute Gasteiger partial charge is 0.454 e. The van der Waals surface area contributed by atoms with E-state index in [0.29, 0.717) is 13.1 Å². The van der Waals surface area contributed by atoms with Gasteiger partial charge in [0.2, 0.25) is 12.7 Å². The number of carbonyl (C=O) groups is 1. The number of hydrogen-bond acceptors (Lipinski definition) is 4. The number of fused-ring (bicyclic) bond motifs is 1. The smallest absolute Gasteiger partial charge is 0.231 e. The molecule has 23 heavy (non-hydrogen) atoms. The van der Waals surface area contributed by atoms with Crippen molar-refractivity contribution in [1.29, 1.82) is 0 Å². The molecular weight excluding hydrogens is 292 g/mol. The Morgan fingerprint density at radius 2 is 1.96 bits per heavy atom. The SMILES string of the molecule is O=C(C1CC1)N(Cc1cccnc1)Cc1ccc2c(c1)OCO2. The summed E-state index contributed by atoms with van der Waals surface area (Å²) in [5.74, 6) is 1.94. The molecule has 0 unspecified atom stereocenters. The quantitative estimate of drug-likeness (QED) is 0.852. The van der Waals surface area contributed by atoms with Crippen molar-refractivity contribution in [3.63, 3.8) is 0 Å². The van der Waals surface area contributed by atoms with Crippen LogP contribution in [0, 0.1) is 5.92 Å². The molecule has 0 spiro atoms. The van der Waals surface area contributed by atoms with E-state index in [1.165, 1.54) is 0 Å². The average molecular weight is 310 g/mol. The first-order valence-electron chi connectivity index (χ1n) is 7.86. The van der Waals surface area contributed by atoms with E-state index < -0.39 is 0 Å². The molecule has 1 aromatic carbocycles. The van der Waals surface area contributed by atoms with Crippen LogP contribution < -0.4 is 9.47 Å². The number of carbonyl (C=O) groups excluding carboxylic acids is 1. The van der Waals surface area contributed by atoms with Gasteiger partial charge in [-0.15, -0.1) is 0 Å². The molecule has 0 N–H and O–H groups in total. The van der Waals surface area contributed by atoms with E-state index in [2.05, 4.69) is 4.98 Å². The Balaban J connectivity index is 1.54. The predicted octanol–water partition coefficient (Wildman–Crippen LogP) is 2.75. The molecule has 1 amide bonds. The number of rotatable bonds is 5. The molecule has 0 bridgehead atoms. The lowest BCUT2D eigenvalue weighted by Gasteiger charge is -2.23. The van der Waals surface area contributed by atoms with Crippen LogP contribution in [-0.2, 0) is 17.9 Å². The molecule has 1 fully saturated rings. The third-order valence-electron chi connectivity index (χ3n) is 4.14. The number of pyridine rings is 1. The second kappa shape index (κ2) is 5.91. The van der Waals surface area contributed by atoms with Crippen molar-refractivity contribution in [3.8, 4) is 11.5 Å². The topological polar surface area (TPSA) is 51.7 Å². The summed E-state index contributed by atoms with van der Waals surface area (Å²) < 4.78 is 10.8. The molecule has 5 nitrogen and oxygen atoms in total. The minimum Gasteiger partial charge on any atom is -0.454 e. The summed E-state index contributed by atoms with van der Waals surface area (Å²) >= 11 is 0. The Labute approximate surface area is 134 Å². The van der Waals surface area contributed by atoms with Crippen LogP contribution in [0.3, 0.4) is 0 Å². The lowest BCUT2D eigenvalue weighted by atomic mass is 10.1. The van der Waals surface area contributed by atoms with Crippen LogP contribution in [0.2, 0.25) is 0 Å². The summed E-state index contributed by atoms with van der Waals surface area (Å²) in [7, 11) is 0. The van der Waals surface area contributed by atoms with Crippen LogP contribution in [0.4, 0.5) is 0 Å². The molecule has 0 atom stereocenters. The summed E-state index contributed by atoms with van der Waals surface area (Å²) in [6.07, 6.45) is 5.56. The number of aromatic nitrogens is 1. The first-order valence-corrected chi connectivity index (χ1v) is 7.86. The van der Waals surface area contributed by atoms with Crippen molar-refractivity contribution >= 4 is 5.91 Å². The lowest BCUT2D eigenvalue weighted by Crippen LogP contribution is -2.31. The molecule has 1 aromatic heterocycles. The van der Waals surface area contributed by atoms with Gasteiger partial charge in [0.1, 0.15) is 0 Å². The number of amides is 1. The number of hydrogen-bond donors (Lipinski definition) is 0. The second-order valence-electron chi connectivity index (χ2n) is 6.02. The van der Waals surface area contributed by atoms with Crippen molar-refractivity contribution in [3.05, 3.63) is 53.9 Å². The molecular formula is C18H18N2O3. The van der Waals surface area contributed by atoms with Crippen molar-refractivity contribution < 1.29 is 14.3 Å². The maximum atomic E-state index is 12.6. The van der Waals surface area contributed by atoms with Crippen molar-refractivity contribution in [1.82, 2.24) is 9.88 Å². The Kier molecular flexibility index (Phi) is 3.61. The average Bonchev–Trinajstić information content (AvgIpc) is 3.32. The summed E-state index contributed by atoms with van der Waals surface area (Å²) in [6, 6.07) is 9.75. The van der Waals surface area contributed by atoms with E-state index in [9.17, 15) is 4.79 Å². The van der Waals surface area contributed by atoms with E-state index in [1.807, 2.05) is 41.4 Å². The molecule has 1 aliphatic heterocycles. The highest BCUT2D eigenvalue weighted by Gasteiger charge is 2.33. The van der Waals surface area contributed by atoms with Crippen LogP contribution >= 0.6 is 0 Å². The molecule has 4 rings (SSSR count). The standard InChI is InChI=1S/C18H18N2O3/c21-18(15-4-5-15)20(11-14-2-1-7-19-9-14)10-13-3-6-16-17(8-13)23-12-22-16/h1-3,6-9,15H,4-5,10-12H2. The van der Waals surface area contributed by atoms with Gasteiger partial charge in [0, 0.05) is 31.4 Å². The van der Waals surface area contributed by atoms with Gasteiger partial charge in [-0.25, -0.2) is 0 Å². The van der Waals surface area contributed by atoms with Crippen LogP contribution in [0.5, 0.6) is 11.5 Å². The number of benzene rings is 1. The van der Waals surface area contributed by atoms with Crippen LogP contribution in [0.1, 0.15) is 24.0 Å². The van der Waals surface area contributed by atoms with Crippen LogP contribution in [-0.4, -0.2) is 22.6 Å². The summed E-state index contributed by atoms with van der Waals surface area (Å²) in [4.78, 5) is 18.6. The van der Waals surface area contributed by atoms with Gasteiger partial charge in [-0.05, 0) is 42.2 Å². The first-order chi connectivity index (χ1) is 11.3. The number of ether oxygens (including phenoxy) is 2. The molecule has 5 heteroatoms. The zero-order valence-corrected chi connectivity index (χ0v) is 12.8. The molecule has 2 aromatic rings. The van der Waals surface area contributed by atoms with Gasteiger partial charge in [-0.3, -0.25) is 9.78 Å². The molecule has 0 saturated heterocycles. The Hall–Kier alpha value is -2.56. The van der Waals surface area contributed by atoms with Gasteiger partial charge in [0.25, 0.3) is 0 Å². The minimum atomic E-state index is 0.195. The molecule has 2 aliphatic rings. The Morgan fingerprint density at radius 3 is 2.74 bits per heavy atom. The van der Waals surface area contributed by atoms with E-state index >= 15 is 0 Å². The monoisotopic (exact) mass is 310 g/mol. The van der Waals surface area contributed by atoms with Gasteiger partial charge < -0.3 is 14.4 Å². The van der Waals surface area contributed by atoms with Crippen molar-refractivity contribution in [2.45, 2.75) is 25.9 Å². The van der Waals surface area contributed by atoms with Crippen molar-refractivity contribution in [2.75, 3.05) is 6.79 Å². The normalized spacial score (nSPS) is 15.5. The zero-order valence-electron chi connectivity index (χ0n) is 12.8. The van der Waals surface area contributed by atoms with Crippen molar-refractivity contribution in [2.24, 2.45) is 5.92 Å². The van der Waals surface area contributed by atoms with E-state index in [4.69, 9.17) is 9.47 Å². The fourth-order valence-corrected chi connectivity index (χ4v) is 2.77. The molecule has 1 saturated carbocycles. The highest BCUT2D eigenvalue weighted by atomic mass is 16.7. The third kappa shape index (κ3) is 3.13. The Bertz CT molecular complexity index is 713. The highest BCUT2D eigenvalue weighted by Crippen LogP contribution is 2.34. The van der Waals surface area contributed by atoms with Crippen LogP contribution in [0.25, 0.3) is 0 Å². The van der Waals surface area contributed by atoms with E-state index in [0.717, 1.165) is 35.5 Å². The van der Waals surface area contributed by atoms with Gasteiger partial charge in [-0.1, -0.05) is 12.1 Å². The molecule has 0 radical (unpaired) electrons. The van der Waals surface area contributed by atoms with Gasteiger partial charge in [-0.2, -0.15) is 0 Å². The summed E-state index contributed by atoms with van der Waals surface area (Å²) in [5, 5.41) is 0. The summed E-state index contributed by atoms with van der Waals surface area (Å²) in [6.45, 7) is 1.41. The molecule has 118 valence electrons.